The number of amides is 1. The predicted octanol–water partition coefficient (Wildman–Crippen LogP) is 1.38. The van der Waals surface area contributed by atoms with Crippen LogP contribution in [0.5, 0.6) is 0 Å². The van der Waals surface area contributed by atoms with Crippen molar-refractivity contribution in [2.24, 2.45) is 0 Å². The lowest BCUT2D eigenvalue weighted by molar-refractivity contribution is -0.148. The maximum atomic E-state index is 12.5. The Morgan fingerprint density at radius 1 is 1.42 bits per heavy atom. The number of carbonyl (C=O) groups is 4. The molecule has 128 valence electrons. The van der Waals surface area contributed by atoms with Gasteiger partial charge < -0.3 is 10.0 Å². The van der Waals surface area contributed by atoms with Gasteiger partial charge in [0.2, 0.25) is 5.91 Å². The first kappa shape index (κ1) is 18.1. The normalized spacial score (nSPS) is 18.2. The van der Waals surface area contributed by atoms with E-state index in [0.717, 1.165) is 11.8 Å². The highest BCUT2D eigenvalue weighted by atomic mass is 32.2. The summed E-state index contributed by atoms with van der Waals surface area (Å²) >= 11 is 0.788. The van der Waals surface area contributed by atoms with Crippen molar-refractivity contribution in [1.82, 2.24) is 9.88 Å². The highest BCUT2D eigenvalue weighted by Gasteiger charge is 2.36. The molecular formula is C16H18N2O5S. The summed E-state index contributed by atoms with van der Waals surface area (Å²) in [6.45, 7) is 1.68. The maximum absolute atomic E-state index is 12.5. The molecule has 1 unspecified atom stereocenters. The number of Topliss-reactive ketones (excluding diaryl/α,β-unsaturated/α-hetero) is 1. The van der Waals surface area contributed by atoms with E-state index in [1.54, 1.807) is 12.1 Å². The summed E-state index contributed by atoms with van der Waals surface area (Å²) in [6, 6.07) is 2.32. The van der Waals surface area contributed by atoms with E-state index >= 15 is 0 Å². The molecule has 1 aliphatic rings. The molecule has 24 heavy (non-hydrogen) atoms. The van der Waals surface area contributed by atoms with E-state index in [2.05, 4.69) is 4.98 Å². The number of likely N-dealkylation sites (tertiary alicyclic amines) is 1. The minimum Gasteiger partial charge on any atom is -0.480 e. The molecule has 0 saturated carbocycles. The van der Waals surface area contributed by atoms with Crippen LogP contribution in [0.4, 0.5) is 0 Å². The third-order valence-electron chi connectivity index (χ3n) is 3.76. The van der Waals surface area contributed by atoms with Crippen LogP contribution in [0.25, 0.3) is 0 Å². The van der Waals surface area contributed by atoms with Crippen molar-refractivity contribution in [2.45, 2.75) is 37.5 Å². The minimum atomic E-state index is -1.05. The number of rotatable bonds is 6. The Morgan fingerprint density at radius 2 is 2.17 bits per heavy atom. The summed E-state index contributed by atoms with van der Waals surface area (Å²) in [4.78, 5) is 52.8. The van der Waals surface area contributed by atoms with Crippen molar-refractivity contribution >= 4 is 34.5 Å². The lowest BCUT2D eigenvalue weighted by Crippen LogP contribution is -2.42. The first-order valence-corrected chi connectivity index (χ1v) is 8.42. The number of hydrogen-bond donors (Lipinski definition) is 1. The SMILES string of the molecule is CC(=O)SC(CC(=O)N1CCC[C@H]1C(=O)O)C(=O)c1cccnc1. The van der Waals surface area contributed by atoms with E-state index in [1.807, 2.05) is 0 Å². The molecule has 1 aliphatic heterocycles. The number of carbonyl (C=O) groups excluding carboxylic acids is 3. The summed E-state index contributed by atoms with van der Waals surface area (Å²) in [5.41, 5.74) is 0.320. The highest BCUT2D eigenvalue weighted by Crippen LogP contribution is 2.24. The lowest BCUT2D eigenvalue weighted by atomic mass is 10.1. The molecule has 1 fully saturated rings. The van der Waals surface area contributed by atoms with Crippen molar-refractivity contribution in [3.8, 4) is 0 Å². The smallest absolute Gasteiger partial charge is 0.326 e. The number of hydrogen-bond acceptors (Lipinski definition) is 6. The van der Waals surface area contributed by atoms with E-state index in [9.17, 15) is 24.3 Å². The Balaban J connectivity index is 2.14. The summed E-state index contributed by atoms with van der Waals surface area (Å²) < 4.78 is 0. The second kappa shape index (κ2) is 8.05. The molecule has 1 saturated heterocycles. The Morgan fingerprint density at radius 3 is 2.75 bits per heavy atom. The zero-order valence-corrected chi connectivity index (χ0v) is 14.0. The van der Waals surface area contributed by atoms with Crippen LogP contribution >= 0.6 is 11.8 Å². The van der Waals surface area contributed by atoms with Crippen LogP contribution in [0.2, 0.25) is 0 Å². The van der Waals surface area contributed by atoms with Crippen LogP contribution in [0.3, 0.4) is 0 Å². The van der Waals surface area contributed by atoms with Gasteiger partial charge in [-0.3, -0.25) is 19.4 Å². The third kappa shape index (κ3) is 4.41. The number of aliphatic carboxylic acids is 1. The second-order valence-electron chi connectivity index (χ2n) is 5.49. The average Bonchev–Trinajstić information content (AvgIpc) is 3.04. The van der Waals surface area contributed by atoms with Gasteiger partial charge in [-0.2, -0.15) is 0 Å². The molecule has 0 aromatic carbocycles. The molecular weight excluding hydrogens is 332 g/mol. The topological polar surface area (TPSA) is 105 Å². The van der Waals surface area contributed by atoms with Gasteiger partial charge in [-0.25, -0.2) is 4.79 Å². The van der Waals surface area contributed by atoms with Gasteiger partial charge in [-0.05, 0) is 25.0 Å². The van der Waals surface area contributed by atoms with Crippen molar-refractivity contribution in [3.63, 3.8) is 0 Å². The fourth-order valence-electron chi connectivity index (χ4n) is 2.68. The van der Waals surface area contributed by atoms with Gasteiger partial charge in [-0.1, -0.05) is 11.8 Å². The molecule has 2 atom stereocenters. The van der Waals surface area contributed by atoms with Crippen LogP contribution in [0.1, 0.15) is 36.5 Å². The number of carboxylic acids is 1. The van der Waals surface area contributed by atoms with Gasteiger partial charge in [0.1, 0.15) is 6.04 Å². The Bertz CT molecular complexity index is 649. The van der Waals surface area contributed by atoms with Crippen LogP contribution in [-0.4, -0.2) is 55.6 Å². The zero-order chi connectivity index (χ0) is 17.7. The molecule has 7 nitrogen and oxygen atoms in total. The lowest BCUT2D eigenvalue weighted by Gasteiger charge is -2.23. The van der Waals surface area contributed by atoms with Gasteiger partial charge in [0, 0.05) is 37.8 Å². The number of thioether (sulfide) groups is 1. The summed E-state index contributed by atoms with van der Waals surface area (Å²) in [5, 5.41) is 8.01. The standard InChI is InChI=1S/C16H18N2O5S/c1-10(19)24-13(15(21)11-4-2-6-17-9-11)8-14(20)18-7-3-5-12(18)16(22)23/h2,4,6,9,12-13H,3,5,7-8H2,1H3,(H,22,23)/t12-,13?/m0/s1. The number of pyridine rings is 1. The molecule has 0 spiro atoms. The van der Waals surface area contributed by atoms with E-state index in [-0.39, 0.29) is 17.3 Å². The minimum absolute atomic E-state index is 0.207. The zero-order valence-electron chi connectivity index (χ0n) is 13.2. The number of carboxylic acid groups (broad SMARTS) is 1. The fourth-order valence-corrected chi connectivity index (χ4v) is 3.55. The summed E-state index contributed by atoms with van der Waals surface area (Å²) in [6.07, 6.45) is 3.72. The van der Waals surface area contributed by atoms with Gasteiger partial charge in [0.25, 0.3) is 0 Å². The molecule has 2 rings (SSSR count). The number of nitrogens with zero attached hydrogens (tertiary/aromatic N) is 2. The van der Waals surface area contributed by atoms with Gasteiger partial charge in [0.15, 0.2) is 10.9 Å². The third-order valence-corrected chi connectivity index (χ3v) is 4.76. The van der Waals surface area contributed by atoms with E-state index in [0.29, 0.717) is 24.9 Å². The van der Waals surface area contributed by atoms with Crippen molar-refractivity contribution < 1.29 is 24.3 Å². The monoisotopic (exact) mass is 350 g/mol. The van der Waals surface area contributed by atoms with E-state index in [4.69, 9.17) is 0 Å². The van der Waals surface area contributed by atoms with Crippen LogP contribution in [0.15, 0.2) is 24.5 Å². The van der Waals surface area contributed by atoms with Crippen molar-refractivity contribution in [3.05, 3.63) is 30.1 Å². The Hall–Kier alpha value is -2.22. The quantitative estimate of drug-likeness (QED) is 0.773. The van der Waals surface area contributed by atoms with Crippen molar-refractivity contribution in [1.29, 1.82) is 0 Å². The molecule has 0 bridgehead atoms. The van der Waals surface area contributed by atoms with Gasteiger partial charge in [-0.15, -0.1) is 0 Å². The van der Waals surface area contributed by atoms with Crippen molar-refractivity contribution in [2.75, 3.05) is 6.54 Å². The maximum Gasteiger partial charge on any atom is 0.326 e. The molecule has 8 heteroatoms. The van der Waals surface area contributed by atoms with Crippen LogP contribution < -0.4 is 0 Å². The Labute approximate surface area is 143 Å². The van der Waals surface area contributed by atoms with Crippen LogP contribution in [-0.2, 0) is 14.4 Å². The summed E-state index contributed by atoms with van der Waals surface area (Å²) in [5.74, 6) is -1.83. The largest absolute Gasteiger partial charge is 0.480 e. The molecule has 1 aromatic heterocycles. The fraction of sp³-hybridized carbons (Fsp3) is 0.438. The molecule has 0 radical (unpaired) electrons. The van der Waals surface area contributed by atoms with Gasteiger partial charge >= 0.3 is 5.97 Å². The number of ketones is 1. The highest BCUT2D eigenvalue weighted by molar-refractivity contribution is 8.14. The van der Waals surface area contributed by atoms with E-state index < -0.39 is 23.2 Å². The first-order chi connectivity index (χ1) is 11.4. The first-order valence-electron chi connectivity index (χ1n) is 7.54. The van der Waals surface area contributed by atoms with Gasteiger partial charge in [0.05, 0.1) is 5.25 Å². The predicted molar refractivity (Wildman–Crippen MR) is 87.6 cm³/mol. The Kier molecular flexibility index (Phi) is 6.08. The number of aromatic nitrogens is 1. The second-order valence-corrected chi connectivity index (χ2v) is 6.87. The average molecular weight is 350 g/mol. The molecule has 1 amide bonds. The van der Waals surface area contributed by atoms with Crippen LogP contribution in [0, 0.1) is 0 Å². The van der Waals surface area contributed by atoms with E-state index in [1.165, 1.54) is 24.2 Å². The molecule has 1 N–H and O–H groups in total. The molecule has 1 aromatic rings. The molecule has 0 aliphatic carbocycles. The summed E-state index contributed by atoms with van der Waals surface area (Å²) in [7, 11) is 0. The molecule has 2 heterocycles.